The van der Waals surface area contributed by atoms with Gasteiger partial charge in [-0.3, -0.25) is 4.79 Å². The first-order valence-electron chi connectivity index (χ1n) is 6.58. The van der Waals surface area contributed by atoms with Crippen LogP contribution in [0.1, 0.15) is 29.6 Å². The molecule has 0 atom stereocenters. The lowest BCUT2D eigenvalue weighted by Crippen LogP contribution is -2.27. The molecule has 1 fully saturated rings. The lowest BCUT2D eigenvalue weighted by atomic mass is 9.97. The van der Waals surface area contributed by atoms with Crippen LogP contribution in [0.2, 0.25) is 5.02 Å². The highest BCUT2D eigenvalue weighted by Crippen LogP contribution is 2.20. The molecule has 0 spiro atoms. The predicted octanol–water partition coefficient (Wildman–Crippen LogP) is 2.47. The molecule has 104 valence electrons. The predicted molar refractivity (Wildman–Crippen MR) is 76.4 cm³/mol. The van der Waals surface area contributed by atoms with Gasteiger partial charge < -0.3 is 15.8 Å². The van der Waals surface area contributed by atoms with Crippen LogP contribution in [0.15, 0.2) is 18.2 Å². The van der Waals surface area contributed by atoms with Gasteiger partial charge in [0, 0.05) is 25.4 Å². The molecule has 1 aliphatic heterocycles. The maximum atomic E-state index is 12.0. The van der Waals surface area contributed by atoms with Crippen molar-refractivity contribution < 1.29 is 9.53 Å². The highest BCUT2D eigenvalue weighted by Gasteiger charge is 2.15. The molecule has 1 heterocycles. The minimum Gasteiger partial charge on any atom is -0.399 e. The monoisotopic (exact) mass is 282 g/mol. The Kier molecular flexibility index (Phi) is 5.05. The van der Waals surface area contributed by atoms with E-state index in [-0.39, 0.29) is 5.91 Å². The molecule has 0 bridgehead atoms. The van der Waals surface area contributed by atoms with Crippen LogP contribution in [0.4, 0.5) is 5.69 Å². The number of hydrogen-bond acceptors (Lipinski definition) is 3. The van der Waals surface area contributed by atoms with E-state index < -0.39 is 0 Å². The van der Waals surface area contributed by atoms with E-state index in [0.717, 1.165) is 32.5 Å². The Morgan fingerprint density at radius 2 is 2.16 bits per heavy atom. The molecule has 4 nitrogen and oxygen atoms in total. The first kappa shape index (κ1) is 14.2. The van der Waals surface area contributed by atoms with Gasteiger partial charge in [-0.05, 0) is 43.4 Å². The fourth-order valence-corrected chi connectivity index (χ4v) is 2.51. The molecule has 19 heavy (non-hydrogen) atoms. The average molecular weight is 283 g/mol. The summed E-state index contributed by atoms with van der Waals surface area (Å²) < 4.78 is 5.31. The SMILES string of the molecule is Nc1ccc(C(=O)NCCC2CCOCC2)c(Cl)c1. The molecule has 2 rings (SSSR count). The van der Waals surface area contributed by atoms with Crippen molar-refractivity contribution in [3.8, 4) is 0 Å². The number of carbonyl (C=O) groups excluding carboxylic acids is 1. The zero-order valence-corrected chi connectivity index (χ0v) is 11.6. The summed E-state index contributed by atoms with van der Waals surface area (Å²) in [7, 11) is 0. The van der Waals surface area contributed by atoms with Crippen LogP contribution < -0.4 is 11.1 Å². The van der Waals surface area contributed by atoms with Crippen LogP contribution in [0.3, 0.4) is 0 Å². The van der Waals surface area contributed by atoms with Crippen LogP contribution in [0.25, 0.3) is 0 Å². The Morgan fingerprint density at radius 3 is 2.84 bits per heavy atom. The third kappa shape index (κ3) is 4.11. The van der Waals surface area contributed by atoms with E-state index in [2.05, 4.69) is 5.32 Å². The largest absolute Gasteiger partial charge is 0.399 e. The number of anilines is 1. The molecular formula is C14H19ClN2O2. The summed E-state index contributed by atoms with van der Waals surface area (Å²) in [6.07, 6.45) is 3.15. The van der Waals surface area contributed by atoms with Crippen molar-refractivity contribution >= 4 is 23.2 Å². The van der Waals surface area contributed by atoms with Gasteiger partial charge in [-0.2, -0.15) is 0 Å². The van der Waals surface area contributed by atoms with E-state index in [1.165, 1.54) is 0 Å². The topological polar surface area (TPSA) is 64.4 Å². The van der Waals surface area contributed by atoms with E-state index in [9.17, 15) is 4.79 Å². The molecule has 0 radical (unpaired) electrons. The third-order valence-electron chi connectivity index (χ3n) is 3.42. The molecule has 5 heteroatoms. The number of nitrogens with one attached hydrogen (secondary N) is 1. The van der Waals surface area contributed by atoms with Gasteiger partial charge in [0.15, 0.2) is 0 Å². The first-order valence-corrected chi connectivity index (χ1v) is 6.95. The normalized spacial score (nSPS) is 16.3. The molecule has 0 aliphatic carbocycles. The number of amides is 1. The summed E-state index contributed by atoms with van der Waals surface area (Å²) in [6.45, 7) is 2.34. The molecular weight excluding hydrogens is 264 g/mol. The maximum Gasteiger partial charge on any atom is 0.252 e. The zero-order valence-electron chi connectivity index (χ0n) is 10.8. The van der Waals surface area contributed by atoms with Gasteiger partial charge in [0.2, 0.25) is 0 Å². The molecule has 3 N–H and O–H groups in total. The van der Waals surface area contributed by atoms with Crippen molar-refractivity contribution in [2.45, 2.75) is 19.3 Å². The number of carbonyl (C=O) groups is 1. The molecule has 1 aromatic carbocycles. The summed E-state index contributed by atoms with van der Waals surface area (Å²) in [4.78, 5) is 12.0. The summed E-state index contributed by atoms with van der Waals surface area (Å²) in [5, 5.41) is 3.29. The minimum atomic E-state index is -0.142. The Hall–Kier alpha value is -1.26. The van der Waals surface area contributed by atoms with E-state index in [1.54, 1.807) is 18.2 Å². The van der Waals surface area contributed by atoms with Crippen LogP contribution in [0, 0.1) is 5.92 Å². The van der Waals surface area contributed by atoms with Crippen molar-refractivity contribution in [1.82, 2.24) is 5.32 Å². The van der Waals surface area contributed by atoms with Gasteiger partial charge in [0.05, 0.1) is 10.6 Å². The van der Waals surface area contributed by atoms with Crippen molar-refractivity contribution in [3.63, 3.8) is 0 Å². The lowest BCUT2D eigenvalue weighted by Gasteiger charge is -2.21. The Bertz CT molecular complexity index is 445. The number of rotatable bonds is 4. The number of halogens is 1. The molecule has 1 amide bonds. The van der Waals surface area contributed by atoms with Crippen molar-refractivity contribution in [2.24, 2.45) is 5.92 Å². The lowest BCUT2D eigenvalue weighted by molar-refractivity contribution is 0.0636. The molecule has 0 unspecified atom stereocenters. The van der Waals surface area contributed by atoms with Gasteiger partial charge in [0.25, 0.3) is 5.91 Å². The number of benzene rings is 1. The first-order chi connectivity index (χ1) is 9.16. The standard InChI is InChI=1S/C14H19ClN2O2/c15-13-9-11(16)1-2-12(13)14(18)17-6-3-10-4-7-19-8-5-10/h1-2,9-10H,3-8,16H2,(H,17,18). The van der Waals surface area contributed by atoms with Crippen molar-refractivity contribution in [1.29, 1.82) is 0 Å². The van der Waals surface area contributed by atoms with Gasteiger partial charge in [-0.1, -0.05) is 11.6 Å². The highest BCUT2D eigenvalue weighted by molar-refractivity contribution is 6.34. The van der Waals surface area contributed by atoms with Gasteiger partial charge >= 0.3 is 0 Å². The second-order valence-electron chi connectivity index (χ2n) is 4.84. The van der Waals surface area contributed by atoms with Crippen molar-refractivity contribution in [2.75, 3.05) is 25.5 Å². The molecule has 0 saturated carbocycles. The summed E-state index contributed by atoms with van der Waals surface area (Å²) >= 11 is 5.99. The van der Waals surface area contributed by atoms with Crippen LogP contribution in [0.5, 0.6) is 0 Å². The molecule has 1 aromatic rings. The summed E-state index contributed by atoms with van der Waals surface area (Å²) in [6, 6.07) is 4.93. The highest BCUT2D eigenvalue weighted by atomic mass is 35.5. The molecule has 1 saturated heterocycles. The summed E-state index contributed by atoms with van der Waals surface area (Å²) in [5.41, 5.74) is 6.63. The summed E-state index contributed by atoms with van der Waals surface area (Å²) in [5.74, 6) is 0.507. The van der Waals surface area contributed by atoms with Crippen LogP contribution in [-0.4, -0.2) is 25.7 Å². The fraction of sp³-hybridized carbons (Fsp3) is 0.500. The number of nitrogen functional groups attached to an aromatic ring is 1. The van der Waals surface area contributed by atoms with Gasteiger partial charge in [-0.15, -0.1) is 0 Å². The Morgan fingerprint density at radius 1 is 1.42 bits per heavy atom. The quantitative estimate of drug-likeness (QED) is 0.834. The zero-order chi connectivity index (χ0) is 13.7. The Labute approximate surface area is 118 Å². The number of hydrogen-bond donors (Lipinski definition) is 2. The van der Waals surface area contributed by atoms with E-state index >= 15 is 0 Å². The maximum absolute atomic E-state index is 12.0. The number of ether oxygens (including phenoxy) is 1. The smallest absolute Gasteiger partial charge is 0.252 e. The van der Waals surface area contributed by atoms with Crippen molar-refractivity contribution in [3.05, 3.63) is 28.8 Å². The third-order valence-corrected chi connectivity index (χ3v) is 3.73. The Balaban J connectivity index is 1.80. The second-order valence-corrected chi connectivity index (χ2v) is 5.25. The van der Waals surface area contributed by atoms with Crippen LogP contribution >= 0.6 is 11.6 Å². The number of nitrogens with two attached hydrogens (primary N) is 1. The van der Waals surface area contributed by atoms with E-state index in [4.69, 9.17) is 22.1 Å². The minimum absolute atomic E-state index is 0.142. The van der Waals surface area contributed by atoms with E-state index in [0.29, 0.717) is 28.7 Å². The molecule has 0 aromatic heterocycles. The van der Waals surface area contributed by atoms with E-state index in [1.807, 2.05) is 0 Å². The molecule has 1 aliphatic rings. The fourth-order valence-electron chi connectivity index (χ4n) is 2.24. The second kappa shape index (κ2) is 6.78. The van der Waals surface area contributed by atoms with Crippen LogP contribution in [-0.2, 0) is 4.74 Å². The van der Waals surface area contributed by atoms with Gasteiger partial charge in [-0.25, -0.2) is 0 Å². The van der Waals surface area contributed by atoms with Gasteiger partial charge in [0.1, 0.15) is 0 Å². The average Bonchev–Trinajstić information content (AvgIpc) is 2.39.